The van der Waals surface area contributed by atoms with Crippen LogP contribution in [0.25, 0.3) is 0 Å². The summed E-state index contributed by atoms with van der Waals surface area (Å²) in [6.45, 7) is 6.53. The van der Waals surface area contributed by atoms with Gasteiger partial charge in [-0.2, -0.15) is 0 Å². The molecule has 0 aromatic carbocycles. The quantitative estimate of drug-likeness (QED) is 0.903. The van der Waals surface area contributed by atoms with Gasteiger partial charge < -0.3 is 5.32 Å². The Hall–Kier alpha value is -1.99. The van der Waals surface area contributed by atoms with E-state index in [0.717, 1.165) is 37.4 Å². The van der Waals surface area contributed by atoms with Crippen LogP contribution in [-0.2, 0) is 19.5 Å². The Bertz CT molecular complexity index is 670. The topological polar surface area (TPSA) is 70.2 Å². The van der Waals surface area contributed by atoms with Crippen molar-refractivity contribution in [3.63, 3.8) is 0 Å². The molecule has 2 aromatic rings. The number of fused-ring (bicyclic) bond motifs is 1. The van der Waals surface area contributed by atoms with Gasteiger partial charge in [-0.15, -0.1) is 11.3 Å². The van der Waals surface area contributed by atoms with E-state index >= 15 is 0 Å². The number of urea groups is 1. The van der Waals surface area contributed by atoms with Crippen LogP contribution in [0.4, 0.5) is 9.93 Å². The molecule has 0 unspecified atom stereocenters. The average Bonchev–Trinajstić information content (AvgIpc) is 2.88. The molecule has 2 aromatic heterocycles. The molecule has 7 heteroatoms. The van der Waals surface area contributed by atoms with E-state index in [0.29, 0.717) is 5.13 Å². The summed E-state index contributed by atoms with van der Waals surface area (Å²) in [5, 5.41) is 6.31. The lowest BCUT2D eigenvalue weighted by atomic mass is 10.1. The van der Waals surface area contributed by atoms with Crippen LogP contribution in [0.5, 0.6) is 0 Å². The normalized spacial score (nSPS) is 14.6. The molecule has 0 saturated heterocycles. The van der Waals surface area contributed by atoms with Crippen molar-refractivity contribution in [3.8, 4) is 0 Å². The first kappa shape index (κ1) is 15.9. The van der Waals surface area contributed by atoms with Crippen LogP contribution >= 0.6 is 11.3 Å². The molecule has 0 atom stereocenters. The maximum Gasteiger partial charge on any atom is 0.321 e. The Morgan fingerprint density at radius 3 is 3.04 bits per heavy atom. The minimum absolute atomic E-state index is 0.110. The fraction of sp³-hybridized carbons (Fsp3) is 0.438. The SMILES string of the molecule is CC(C)NC(=O)Nc1nc2c(s1)CN(Cc1ccccn1)CC2. The maximum absolute atomic E-state index is 11.8. The first-order valence-electron chi connectivity index (χ1n) is 7.78. The molecule has 0 aliphatic carbocycles. The summed E-state index contributed by atoms with van der Waals surface area (Å²) >= 11 is 1.56. The minimum Gasteiger partial charge on any atom is -0.336 e. The zero-order chi connectivity index (χ0) is 16.2. The zero-order valence-corrected chi connectivity index (χ0v) is 14.2. The number of amides is 2. The summed E-state index contributed by atoms with van der Waals surface area (Å²) in [4.78, 5) is 24.3. The fourth-order valence-corrected chi connectivity index (χ4v) is 3.60. The highest BCUT2D eigenvalue weighted by Gasteiger charge is 2.21. The average molecular weight is 331 g/mol. The van der Waals surface area contributed by atoms with Gasteiger partial charge in [0, 0.05) is 43.2 Å². The van der Waals surface area contributed by atoms with E-state index in [1.807, 2.05) is 38.2 Å². The number of nitrogens with zero attached hydrogens (tertiary/aromatic N) is 3. The summed E-state index contributed by atoms with van der Waals surface area (Å²) in [5.41, 5.74) is 2.18. The number of thiazole rings is 1. The smallest absolute Gasteiger partial charge is 0.321 e. The monoisotopic (exact) mass is 331 g/mol. The molecular formula is C16H21N5OS. The number of carbonyl (C=O) groups is 1. The molecule has 6 nitrogen and oxygen atoms in total. The molecule has 0 bridgehead atoms. The van der Waals surface area contributed by atoms with Gasteiger partial charge in [-0.25, -0.2) is 9.78 Å². The highest BCUT2D eigenvalue weighted by molar-refractivity contribution is 7.15. The van der Waals surface area contributed by atoms with Gasteiger partial charge in [0.25, 0.3) is 0 Å². The van der Waals surface area contributed by atoms with E-state index in [-0.39, 0.29) is 12.1 Å². The van der Waals surface area contributed by atoms with Gasteiger partial charge in [-0.1, -0.05) is 6.07 Å². The van der Waals surface area contributed by atoms with E-state index in [2.05, 4.69) is 25.5 Å². The summed E-state index contributed by atoms with van der Waals surface area (Å²) in [6.07, 6.45) is 2.74. The largest absolute Gasteiger partial charge is 0.336 e. The number of pyridine rings is 1. The first-order chi connectivity index (χ1) is 11.1. The molecule has 1 aliphatic rings. The first-order valence-corrected chi connectivity index (χ1v) is 8.60. The van der Waals surface area contributed by atoms with Crippen molar-refractivity contribution in [2.45, 2.75) is 39.4 Å². The van der Waals surface area contributed by atoms with Crippen molar-refractivity contribution in [1.29, 1.82) is 0 Å². The number of nitrogens with one attached hydrogen (secondary N) is 2. The Morgan fingerprint density at radius 2 is 2.30 bits per heavy atom. The van der Waals surface area contributed by atoms with Crippen molar-refractivity contribution < 1.29 is 4.79 Å². The van der Waals surface area contributed by atoms with Crippen molar-refractivity contribution in [3.05, 3.63) is 40.7 Å². The number of hydrogen-bond donors (Lipinski definition) is 2. The van der Waals surface area contributed by atoms with Crippen LogP contribution in [0.15, 0.2) is 24.4 Å². The van der Waals surface area contributed by atoms with E-state index in [9.17, 15) is 4.79 Å². The summed E-state index contributed by atoms with van der Waals surface area (Å²) in [5.74, 6) is 0. The van der Waals surface area contributed by atoms with E-state index < -0.39 is 0 Å². The summed E-state index contributed by atoms with van der Waals surface area (Å²) < 4.78 is 0. The van der Waals surface area contributed by atoms with Crippen LogP contribution < -0.4 is 10.6 Å². The van der Waals surface area contributed by atoms with E-state index in [1.54, 1.807) is 11.3 Å². The predicted octanol–water partition coefficient (Wildman–Crippen LogP) is 2.63. The standard InChI is InChI=1S/C16H21N5OS/c1-11(2)18-15(22)20-16-19-13-6-8-21(10-14(13)23-16)9-12-5-3-4-7-17-12/h3-5,7,11H,6,8-10H2,1-2H3,(H2,18,19,20,22). The molecule has 0 spiro atoms. The Labute approximate surface area is 140 Å². The molecule has 122 valence electrons. The van der Waals surface area contributed by atoms with Crippen LogP contribution in [0.2, 0.25) is 0 Å². The minimum atomic E-state index is -0.198. The van der Waals surface area contributed by atoms with Crippen LogP contribution in [0.3, 0.4) is 0 Å². The lowest BCUT2D eigenvalue weighted by Gasteiger charge is -2.25. The van der Waals surface area contributed by atoms with Crippen LogP contribution in [0, 0.1) is 0 Å². The molecule has 23 heavy (non-hydrogen) atoms. The number of carbonyl (C=O) groups excluding carboxylic acids is 1. The van der Waals surface area contributed by atoms with Gasteiger partial charge in [0.2, 0.25) is 0 Å². The molecule has 3 rings (SSSR count). The highest BCUT2D eigenvalue weighted by Crippen LogP contribution is 2.28. The van der Waals surface area contributed by atoms with Crippen LogP contribution in [0.1, 0.15) is 30.1 Å². The third-order valence-electron chi connectivity index (χ3n) is 3.56. The Balaban J connectivity index is 1.61. The number of aromatic nitrogens is 2. The van der Waals surface area contributed by atoms with E-state index in [4.69, 9.17) is 0 Å². The second-order valence-corrected chi connectivity index (χ2v) is 7.01. The van der Waals surface area contributed by atoms with Crippen molar-refractivity contribution >= 4 is 22.5 Å². The Morgan fingerprint density at radius 1 is 1.43 bits per heavy atom. The molecule has 0 radical (unpaired) electrons. The molecule has 0 fully saturated rings. The lowest BCUT2D eigenvalue weighted by molar-refractivity contribution is 0.244. The molecular weight excluding hydrogens is 310 g/mol. The van der Waals surface area contributed by atoms with Crippen molar-refractivity contribution in [2.75, 3.05) is 11.9 Å². The molecule has 0 saturated carbocycles. The third kappa shape index (κ3) is 4.27. The van der Waals surface area contributed by atoms with Gasteiger partial charge in [0.1, 0.15) is 0 Å². The lowest BCUT2D eigenvalue weighted by Crippen LogP contribution is -2.34. The van der Waals surface area contributed by atoms with Crippen molar-refractivity contribution in [1.82, 2.24) is 20.2 Å². The fourth-order valence-electron chi connectivity index (χ4n) is 2.55. The second kappa shape index (κ2) is 7.06. The maximum atomic E-state index is 11.8. The molecule has 2 N–H and O–H groups in total. The van der Waals surface area contributed by atoms with Gasteiger partial charge in [-0.05, 0) is 26.0 Å². The molecule has 3 heterocycles. The van der Waals surface area contributed by atoms with E-state index in [1.165, 1.54) is 4.88 Å². The summed E-state index contributed by atoms with van der Waals surface area (Å²) in [6, 6.07) is 5.90. The zero-order valence-electron chi connectivity index (χ0n) is 13.4. The van der Waals surface area contributed by atoms with Crippen molar-refractivity contribution in [2.24, 2.45) is 0 Å². The van der Waals surface area contributed by atoms with Gasteiger partial charge in [0.15, 0.2) is 5.13 Å². The number of anilines is 1. The van der Waals surface area contributed by atoms with Crippen LogP contribution in [-0.4, -0.2) is 33.5 Å². The number of rotatable bonds is 4. The second-order valence-electron chi connectivity index (χ2n) is 5.92. The summed E-state index contributed by atoms with van der Waals surface area (Å²) in [7, 11) is 0. The third-order valence-corrected chi connectivity index (χ3v) is 4.56. The molecule has 1 aliphatic heterocycles. The highest BCUT2D eigenvalue weighted by atomic mass is 32.1. The van der Waals surface area contributed by atoms with Gasteiger partial charge >= 0.3 is 6.03 Å². The number of hydrogen-bond acceptors (Lipinski definition) is 5. The Kier molecular flexibility index (Phi) is 4.88. The van der Waals surface area contributed by atoms with Gasteiger partial charge in [0.05, 0.1) is 11.4 Å². The predicted molar refractivity (Wildman–Crippen MR) is 91.5 cm³/mol. The van der Waals surface area contributed by atoms with Gasteiger partial charge in [-0.3, -0.25) is 15.2 Å². The molecule has 2 amide bonds.